The number of carbonyl (C=O) groups is 1. The van der Waals surface area contributed by atoms with Crippen molar-refractivity contribution >= 4 is 5.97 Å². The zero-order valence-corrected chi connectivity index (χ0v) is 8.68. The molecule has 1 rings (SSSR count). The Kier molecular flexibility index (Phi) is 4.63. The van der Waals surface area contributed by atoms with E-state index in [9.17, 15) is 4.79 Å². The molecule has 0 amide bonds. The van der Waals surface area contributed by atoms with Gasteiger partial charge in [0.25, 0.3) is 0 Å². The van der Waals surface area contributed by atoms with Gasteiger partial charge in [0.1, 0.15) is 12.4 Å². The zero-order valence-electron chi connectivity index (χ0n) is 8.68. The summed E-state index contributed by atoms with van der Waals surface area (Å²) in [6.45, 7) is 2.19. The summed E-state index contributed by atoms with van der Waals surface area (Å²) < 4.78 is 10.2. The first-order chi connectivity index (χ1) is 7.24. The highest BCUT2D eigenvalue weighted by Crippen LogP contribution is 2.11. The Labute approximate surface area is 89.0 Å². The maximum atomic E-state index is 11.3. The topological polar surface area (TPSA) is 61.5 Å². The summed E-state index contributed by atoms with van der Waals surface area (Å²) in [6.07, 6.45) is -0.612. The van der Waals surface area contributed by atoms with Gasteiger partial charge in [-0.2, -0.15) is 0 Å². The van der Waals surface area contributed by atoms with Crippen LogP contribution in [0, 0.1) is 0 Å². The summed E-state index contributed by atoms with van der Waals surface area (Å²) in [7, 11) is 0. The second-order valence-corrected chi connectivity index (χ2v) is 3.03. The molecule has 1 unspecified atom stereocenters. The van der Waals surface area contributed by atoms with Crippen LogP contribution in [0.25, 0.3) is 0 Å². The molecule has 1 atom stereocenters. The lowest BCUT2D eigenvalue weighted by Gasteiger charge is -2.13. The van der Waals surface area contributed by atoms with Crippen molar-refractivity contribution < 1.29 is 14.3 Å². The quantitative estimate of drug-likeness (QED) is 0.733. The SMILES string of the molecule is CC(Oc1ccccc1)C(=O)OCCN. The van der Waals surface area contributed by atoms with Crippen molar-refractivity contribution in [2.24, 2.45) is 5.73 Å². The van der Waals surface area contributed by atoms with Crippen LogP contribution < -0.4 is 10.5 Å². The largest absolute Gasteiger partial charge is 0.479 e. The van der Waals surface area contributed by atoms with Crippen molar-refractivity contribution in [2.45, 2.75) is 13.0 Å². The zero-order chi connectivity index (χ0) is 11.1. The number of carbonyl (C=O) groups excluding carboxylic acids is 1. The molecule has 82 valence electrons. The maximum absolute atomic E-state index is 11.3. The van der Waals surface area contributed by atoms with E-state index in [0.717, 1.165) is 0 Å². The fourth-order valence-electron chi connectivity index (χ4n) is 1.03. The molecule has 0 radical (unpaired) electrons. The van der Waals surface area contributed by atoms with Crippen LogP contribution in [0.15, 0.2) is 30.3 Å². The standard InChI is InChI=1S/C11H15NO3/c1-9(11(13)14-8-7-12)15-10-5-3-2-4-6-10/h2-6,9H,7-8,12H2,1H3. The summed E-state index contributed by atoms with van der Waals surface area (Å²) in [5, 5.41) is 0. The van der Waals surface area contributed by atoms with E-state index in [2.05, 4.69) is 0 Å². The first-order valence-corrected chi connectivity index (χ1v) is 4.82. The third-order valence-electron chi connectivity index (χ3n) is 1.75. The molecule has 0 heterocycles. The van der Waals surface area contributed by atoms with E-state index in [4.69, 9.17) is 15.2 Å². The highest BCUT2D eigenvalue weighted by molar-refractivity contribution is 5.74. The monoisotopic (exact) mass is 209 g/mol. The minimum Gasteiger partial charge on any atom is -0.479 e. The van der Waals surface area contributed by atoms with Crippen LogP contribution in [0.1, 0.15) is 6.92 Å². The molecule has 1 aromatic carbocycles. The molecule has 4 nitrogen and oxygen atoms in total. The molecule has 0 aliphatic heterocycles. The number of esters is 1. The minimum atomic E-state index is -0.612. The average molecular weight is 209 g/mol. The predicted molar refractivity (Wildman–Crippen MR) is 56.5 cm³/mol. The van der Waals surface area contributed by atoms with E-state index >= 15 is 0 Å². The molecule has 0 fully saturated rings. The molecule has 1 aromatic rings. The first-order valence-electron chi connectivity index (χ1n) is 4.82. The summed E-state index contributed by atoms with van der Waals surface area (Å²) in [5.41, 5.74) is 5.21. The highest BCUT2D eigenvalue weighted by atomic mass is 16.6. The molecule has 0 saturated carbocycles. The van der Waals surface area contributed by atoms with Gasteiger partial charge >= 0.3 is 5.97 Å². The molecule has 0 bridgehead atoms. The third-order valence-corrected chi connectivity index (χ3v) is 1.75. The van der Waals surface area contributed by atoms with Gasteiger partial charge in [0.2, 0.25) is 0 Å². The number of nitrogens with two attached hydrogens (primary N) is 1. The van der Waals surface area contributed by atoms with E-state index in [0.29, 0.717) is 12.3 Å². The molecule has 2 N–H and O–H groups in total. The van der Waals surface area contributed by atoms with Crippen LogP contribution in [0.3, 0.4) is 0 Å². The number of hydrogen-bond acceptors (Lipinski definition) is 4. The van der Waals surface area contributed by atoms with Gasteiger partial charge in [-0.15, -0.1) is 0 Å². The number of hydrogen-bond donors (Lipinski definition) is 1. The van der Waals surface area contributed by atoms with E-state index < -0.39 is 12.1 Å². The van der Waals surface area contributed by atoms with Gasteiger partial charge in [-0.05, 0) is 19.1 Å². The normalized spacial score (nSPS) is 11.9. The van der Waals surface area contributed by atoms with Gasteiger partial charge in [0.15, 0.2) is 6.10 Å². The van der Waals surface area contributed by atoms with Crippen molar-refractivity contribution in [3.8, 4) is 5.75 Å². The Morgan fingerprint density at radius 3 is 2.67 bits per heavy atom. The van der Waals surface area contributed by atoms with Gasteiger partial charge < -0.3 is 15.2 Å². The number of benzene rings is 1. The van der Waals surface area contributed by atoms with Crippen LogP contribution in [0.5, 0.6) is 5.75 Å². The first kappa shape index (κ1) is 11.5. The number of para-hydroxylation sites is 1. The molecule has 0 aliphatic carbocycles. The van der Waals surface area contributed by atoms with Gasteiger partial charge in [0.05, 0.1) is 0 Å². The predicted octanol–water partition coefficient (Wildman–Crippen LogP) is 0.956. The van der Waals surface area contributed by atoms with Crippen LogP contribution in [-0.4, -0.2) is 25.2 Å². The van der Waals surface area contributed by atoms with E-state index in [1.807, 2.05) is 18.2 Å². The van der Waals surface area contributed by atoms with E-state index in [-0.39, 0.29) is 6.61 Å². The van der Waals surface area contributed by atoms with E-state index in [1.54, 1.807) is 19.1 Å². The summed E-state index contributed by atoms with van der Waals surface area (Å²) >= 11 is 0. The molecular formula is C11H15NO3. The molecule has 4 heteroatoms. The second kappa shape index (κ2) is 6.03. The van der Waals surface area contributed by atoms with E-state index in [1.165, 1.54) is 0 Å². The van der Waals surface area contributed by atoms with Crippen molar-refractivity contribution in [3.63, 3.8) is 0 Å². The summed E-state index contributed by atoms with van der Waals surface area (Å²) in [4.78, 5) is 11.3. The Bertz CT molecular complexity index is 300. The van der Waals surface area contributed by atoms with Crippen LogP contribution in [0.2, 0.25) is 0 Å². The van der Waals surface area contributed by atoms with Crippen LogP contribution in [0.4, 0.5) is 0 Å². The Morgan fingerprint density at radius 1 is 1.40 bits per heavy atom. The van der Waals surface area contributed by atoms with Crippen LogP contribution >= 0.6 is 0 Å². The van der Waals surface area contributed by atoms with Crippen molar-refractivity contribution in [1.29, 1.82) is 0 Å². The number of rotatable bonds is 5. The Morgan fingerprint density at radius 2 is 2.07 bits per heavy atom. The molecular weight excluding hydrogens is 194 g/mol. The van der Waals surface area contributed by atoms with Gasteiger partial charge in [-0.3, -0.25) is 0 Å². The molecule has 15 heavy (non-hydrogen) atoms. The fourth-order valence-corrected chi connectivity index (χ4v) is 1.03. The average Bonchev–Trinajstić information content (AvgIpc) is 2.27. The highest BCUT2D eigenvalue weighted by Gasteiger charge is 2.15. The maximum Gasteiger partial charge on any atom is 0.347 e. The molecule has 0 aliphatic rings. The lowest BCUT2D eigenvalue weighted by Crippen LogP contribution is -2.27. The second-order valence-electron chi connectivity index (χ2n) is 3.03. The third kappa shape index (κ3) is 3.99. The van der Waals surface area contributed by atoms with Gasteiger partial charge in [-0.25, -0.2) is 4.79 Å². The lowest BCUT2D eigenvalue weighted by atomic mass is 10.3. The van der Waals surface area contributed by atoms with Crippen molar-refractivity contribution in [1.82, 2.24) is 0 Å². The fraction of sp³-hybridized carbons (Fsp3) is 0.364. The van der Waals surface area contributed by atoms with Crippen molar-refractivity contribution in [2.75, 3.05) is 13.2 Å². The molecule has 0 saturated heterocycles. The number of ether oxygens (including phenoxy) is 2. The lowest BCUT2D eigenvalue weighted by molar-refractivity contribution is -0.150. The van der Waals surface area contributed by atoms with Gasteiger partial charge in [-0.1, -0.05) is 18.2 Å². The van der Waals surface area contributed by atoms with Gasteiger partial charge in [0, 0.05) is 6.54 Å². The minimum absolute atomic E-state index is 0.224. The molecule has 0 aromatic heterocycles. The van der Waals surface area contributed by atoms with Crippen molar-refractivity contribution in [3.05, 3.63) is 30.3 Å². The summed E-state index contributed by atoms with van der Waals surface area (Å²) in [6, 6.07) is 9.13. The van der Waals surface area contributed by atoms with Crippen LogP contribution in [-0.2, 0) is 9.53 Å². The molecule has 0 spiro atoms. The Hall–Kier alpha value is -1.55. The Balaban J connectivity index is 2.41. The summed E-state index contributed by atoms with van der Waals surface area (Å²) in [5.74, 6) is 0.249. The smallest absolute Gasteiger partial charge is 0.347 e.